The van der Waals surface area contributed by atoms with Gasteiger partial charge in [-0.1, -0.05) is 12.1 Å². The number of para-hydroxylation sites is 2. The van der Waals surface area contributed by atoms with Gasteiger partial charge in [0.15, 0.2) is 0 Å². The van der Waals surface area contributed by atoms with Crippen molar-refractivity contribution in [3.63, 3.8) is 0 Å². The van der Waals surface area contributed by atoms with Gasteiger partial charge in [-0.3, -0.25) is 0 Å². The van der Waals surface area contributed by atoms with Crippen molar-refractivity contribution >= 4 is 5.69 Å². The topological polar surface area (TPSA) is 52.9 Å². The third kappa shape index (κ3) is 7.14. The van der Waals surface area contributed by atoms with Crippen molar-refractivity contribution < 1.29 is 14.9 Å². The summed E-state index contributed by atoms with van der Waals surface area (Å²) >= 11 is 0. The minimum Gasteiger partial charge on any atom is -0.492 e. The van der Waals surface area contributed by atoms with Crippen LogP contribution >= 0.6 is 0 Å². The van der Waals surface area contributed by atoms with Crippen LogP contribution in [0.2, 0.25) is 0 Å². The van der Waals surface area contributed by atoms with E-state index in [1.807, 2.05) is 25.1 Å². The molecule has 1 aromatic rings. The van der Waals surface area contributed by atoms with Gasteiger partial charge in [0.1, 0.15) is 5.75 Å². The van der Waals surface area contributed by atoms with Crippen LogP contribution in [0.15, 0.2) is 24.3 Å². The van der Waals surface area contributed by atoms with Crippen LogP contribution in [0.25, 0.3) is 0 Å². The quantitative estimate of drug-likeness (QED) is 0.549. The van der Waals surface area contributed by atoms with E-state index in [4.69, 9.17) is 14.9 Å². The lowest BCUT2D eigenvalue weighted by Crippen LogP contribution is -2.26. The third-order valence-electron chi connectivity index (χ3n) is 3.68. The zero-order valence-corrected chi connectivity index (χ0v) is 13.8. The molecule has 0 saturated heterocycles. The Morgan fingerprint density at radius 3 is 2.00 bits per heavy atom. The first-order chi connectivity index (χ1) is 10.8. The minimum absolute atomic E-state index is 0.270. The highest BCUT2D eigenvalue weighted by atomic mass is 16.5. The van der Waals surface area contributed by atoms with Crippen molar-refractivity contribution in [1.29, 1.82) is 0 Å². The molecule has 4 heteroatoms. The summed E-state index contributed by atoms with van der Waals surface area (Å²) in [6, 6.07) is 8.19. The van der Waals surface area contributed by atoms with Gasteiger partial charge >= 0.3 is 0 Å². The molecule has 0 aromatic heterocycles. The summed E-state index contributed by atoms with van der Waals surface area (Å²) in [7, 11) is 0. The fraction of sp³-hybridized carbons (Fsp3) is 0.667. The molecule has 0 fully saturated rings. The first-order valence-electron chi connectivity index (χ1n) is 8.52. The lowest BCUT2D eigenvalue weighted by Gasteiger charge is -2.27. The lowest BCUT2D eigenvalue weighted by atomic mass is 10.1. The molecule has 0 unspecified atom stereocenters. The second-order valence-electron chi connectivity index (χ2n) is 5.46. The monoisotopic (exact) mass is 309 g/mol. The Kier molecular flexibility index (Phi) is 10.5. The molecule has 0 bridgehead atoms. The molecular formula is C18H31NO3. The molecule has 0 amide bonds. The summed E-state index contributed by atoms with van der Waals surface area (Å²) in [5.41, 5.74) is 1.15. The van der Waals surface area contributed by atoms with E-state index >= 15 is 0 Å². The van der Waals surface area contributed by atoms with Crippen LogP contribution in [-0.4, -0.2) is 43.1 Å². The molecule has 0 radical (unpaired) electrons. The van der Waals surface area contributed by atoms with Crippen LogP contribution in [-0.2, 0) is 0 Å². The highest BCUT2D eigenvalue weighted by Crippen LogP contribution is 2.28. The standard InChI is InChI=1S/C18H31NO3/c1-2-22-18-12-6-5-11-17(18)19(13-7-3-9-15-20)14-8-4-10-16-21/h5-6,11-12,20-21H,2-4,7-10,13-16H2,1H3. The van der Waals surface area contributed by atoms with Gasteiger partial charge in [0.25, 0.3) is 0 Å². The highest BCUT2D eigenvalue weighted by Gasteiger charge is 2.11. The van der Waals surface area contributed by atoms with E-state index in [1.54, 1.807) is 0 Å². The van der Waals surface area contributed by atoms with Crippen molar-refractivity contribution in [2.45, 2.75) is 45.4 Å². The predicted molar refractivity (Wildman–Crippen MR) is 91.7 cm³/mol. The lowest BCUT2D eigenvalue weighted by molar-refractivity contribution is 0.282. The molecule has 0 aliphatic rings. The Hall–Kier alpha value is -1.26. The number of benzene rings is 1. The fourth-order valence-corrected chi connectivity index (χ4v) is 2.53. The minimum atomic E-state index is 0.270. The van der Waals surface area contributed by atoms with E-state index in [0.717, 1.165) is 63.1 Å². The zero-order valence-electron chi connectivity index (χ0n) is 13.8. The normalized spacial score (nSPS) is 10.7. The van der Waals surface area contributed by atoms with Crippen molar-refractivity contribution in [2.24, 2.45) is 0 Å². The predicted octanol–water partition coefficient (Wildman–Crippen LogP) is 3.22. The number of aliphatic hydroxyl groups excluding tert-OH is 2. The number of unbranched alkanes of at least 4 members (excludes halogenated alkanes) is 4. The van der Waals surface area contributed by atoms with Crippen LogP contribution in [0.5, 0.6) is 5.75 Å². The summed E-state index contributed by atoms with van der Waals surface area (Å²) in [4.78, 5) is 2.37. The van der Waals surface area contributed by atoms with Gasteiger partial charge in [-0.05, 0) is 57.6 Å². The highest BCUT2D eigenvalue weighted by molar-refractivity contribution is 5.58. The molecular weight excluding hydrogens is 278 g/mol. The van der Waals surface area contributed by atoms with Gasteiger partial charge < -0.3 is 19.8 Å². The van der Waals surface area contributed by atoms with Crippen molar-refractivity contribution in [2.75, 3.05) is 37.8 Å². The molecule has 0 aliphatic heterocycles. The molecule has 0 aliphatic carbocycles. The molecule has 0 saturated carbocycles. The average Bonchev–Trinajstić information content (AvgIpc) is 2.54. The van der Waals surface area contributed by atoms with Gasteiger partial charge in [-0.25, -0.2) is 0 Å². The number of aliphatic hydroxyl groups is 2. The first kappa shape index (κ1) is 18.8. The molecule has 22 heavy (non-hydrogen) atoms. The summed E-state index contributed by atoms with van der Waals surface area (Å²) in [6.07, 6.45) is 5.96. The summed E-state index contributed by atoms with van der Waals surface area (Å²) in [5, 5.41) is 17.8. The molecule has 126 valence electrons. The maximum Gasteiger partial charge on any atom is 0.142 e. The maximum atomic E-state index is 8.91. The second kappa shape index (κ2) is 12.3. The van der Waals surface area contributed by atoms with Crippen LogP contribution in [0.3, 0.4) is 0 Å². The average molecular weight is 309 g/mol. The summed E-state index contributed by atoms with van der Waals surface area (Å²) in [6.45, 7) is 5.16. The molecule has 2 N–H and O–H groups in total. The van der Waals surface area contributed by atoms with E-state index < -0.39 is 0 Å². The zero-order chi connectivity index (χ0) is 16.0. The number of rotatable bonds is 13. The van der Waals surface area contributed by atoms with Crippen molar-refractivity contribution in [3.05, 3.63) is 24.3 Å². The van der Waals surface area contributed by atoms with E-state index in [2.05, 4.69) is 11.0 Å². The van der Waals surface area contributed by atoms with Gasteiger partial charge in [-0.2, -0.15) is 0 Å². The smallest absolute Gasteiger partial charge is 0.142 e. The third-order valence-corrected chi connectivity index (χ3v) is 3.68. The Morgan fingerprint density at radius 2 is 1.45 bits per heavy atom. The van der Waals surface area contributed by atoms with Gasteiger partial charge in [-0.15, -0.1) is 0 Å². The number of ether oxygens (including phenoxy) is 1. The van der Waals surface area contributed by atoms with E-state index in [0.29, 0.717) is 6.61 Å². The summed E-state index contributed by atoms with van der Waals surface area (Å²) in [5.74, 6) is 0.939. The number of hydrogen-bond donors (Lipinski definition) is 2. The molecule has 4 nitrogen and oxygen atoms in total. The number of anilines is 1. The Morgan fingerprint density at radius 1 is 0.864 bits per heavy atom. The van der Waals surface area contributed by atoms with Crippen LogP contribution in [0, 0.1) is 0 Å². The molecule has 0 atom stereocenters. The number of hydrogen-bond acceptors (Lipinski definition) is 4. The van der Waals surface area contributed by atoms with Gasteiger partial charge in [0, 0.05) is 26.3 Å². The second-order valence-corrected chi connectivity index (χ2v) is 5.46. The van der Waals surface area contributed by atoms with E-state index in [9.17, 15) is 0 Å². The largest absolute Gasteiger partial charge is 0.492 e. The molecule has 1 aromatic carbocycles. The van der Waals surface area contributed by atoms with Crippen LogP contribution in [0.1, 0.15) is 45.4 Å². The Labute approximate surface area is 134 Å². The fourth-order valence-electron chi connectivity index (χ4n) is 2.53. The molecule has 0 heterocycles. The SMILES string of the molecule is CCOc1ccccc1N(CCCCCO)CCCCCO. The van der Waals surface area contributed by atoms with Crippen molar-refractivity contribution in [3.8, 4) is 5.75 Å². The maximum absolute atomic E-state index is 8.91. The molecule has 1 rings (SSSR count). The first-order valence-corrected chi connectivity index (χ1v) is 8.52. The Bertz CT molecular complexity index is 372. The van der Waals surface area contributed by atoms with Crippen molar-refractivity contribution in [1.82, 2.24) is 0 Å². The van der Waals surface area contributed by atoms with Crippen LogP contribution in [0.4, 0.5) is 5.69 Å². The number of nitrogens with zero attached hydrogens (tertiary/aromatic N) is 1. The van der Waals surface area contributed by atoms with E-state index in [1.165, 1.54) is 0 Å². The molecule has 0 spiro atoms. The van der Waals surface area contributed by atoms with Gasteiger partial charge in [0.2, 0.25) is 0 Å². The van der Waals surface area contributed by atoms with E-state index in [-0.39, 0.29) is 13.2 Å². The Balaban J connectivity index is 2.65. The van der Waals surface area contributed by atoms with Crippen LogP contribution < -0.4 is 9.64 Å². The summed E-state index contributed by atoms with van der Waals surface area (Å²) < 4.78 is 5.75. The van der Waals surface area contributed by atoms with Gasteiger partial charge in [0.05, 0.1) is 12.3 Å².